The number of benzene rings is 2. The fourth-order valence-electron chi connectivity index (χ4n) is 3.64. The van der Waals surface area contributed by atoms with E-state index in [0.29, 0.717) is 16.8 Å². The highest BCUT2D eigenvalue weighted by Gasteiger charge is 2.23. The quantitative estimate of drug-likeness (QED) is 0.393. The number of nitrogens with one attached hydrogen (secondary N) is 2. The summed E-state index contributed by atoms with van der Waals surface area (Å²) >= 11 is 7.58. The zero-order valence-electron chi connectivity index (χ0n) is 17.4. The Morgan fingerprint density at radius 2 is 1.88 bits per heavy atom. The predicted octanol–water partition coefficient (Wildman–Crippen LogP) is 4.81. The number of nitrogens with zero attached hydrogens (tertiary/aromatic N) is 2. The first-order valence-electron chi connectivity index (χ1n) is 10.5. The molecule has 1 aromatic heterocycles. The first-order chi connectivity index (χ1) is 15.5. The number of hydrogen-bond donors (Lipinski definition) is 4. The number of carbonyl (C=O) groups is 1. The molecule has 2 atom stereocenters. The lowest BCUT2D eigenvalue weighted by Gasteiger charge is -2.29. The lowest BCUT2D eigenvalue weighted by atomic mass is 9.91. The van der Waals surface area contributed by atoms with Crippen LogP contribution < -0.4 is 22.1 Å². The normalized spacial score (nSPS) is 18.2. The SMILES string of the molecule is NC(=O)c1cnc(N[C@@H]2CCCC[C@@H]2N)nc1Nc1cccc(Sc2ccc(Cl)cc2)c1. The number of amides is 1. The van der Waals surface area contributed by atoms with Gasteiger partial charge >= 0.3 is 0 Å². The van der Waals surface area contributed by atoms with Crippen LogP contribution in [0.25, 0.3) is 0 Å². The Balaban J connectivity index is 1.54. The Kier molecular flexibility index (Phi) is 7.14. The van der Waals surface area contributed by atoms with Crippen molar-refractivity contribution in [3.8, 4) is 0 Å². The van der Waals surface area contributed by atoms with Crippen LogP contribution in [0.15, 0.2) is 64.5 Å². The summed E-state index contributed by atoms with van der Waals surface area (Å²) in [6.45, 7) is 0. The van der Waals surface area contributed by atoms with Gasteiger partial charge in [0.25, 0.3) is 5.91 Å². The third-order valence-corrected chi connectivity index (χ3v) is 6.58. The number of halogens is 1. The van der Waals surface area contributed by atoms with Gasteiger partial charge in [-0.05, 0) is 55.3 Å². The van der Waals surface area contributed by atoms with E-state index in [0.717, 1.165) is 41.2 Å². The van der Waals surface area contributed by atoms with Gasteiger partial charge in [0.2, 0.25) is 5.95 Å². The minimum Gasteiger partial charge on any atom is -0.365 e. The van der Waals surface area contributed by atoms with Gasteiger partial charge in [-0.1, -0.05) is 42.3 Å². The number of carbonyl (C=O) groups excluding carboxylic acids is 1. The van der Waals surface area contributed by atoms with Crippen molar-refractivity contribution < 1.29 is 4.79 Å². The molecule has 3 aromatic rings. The van der Waals surface area contributed by atoms with Crippen LogP contribution >= 0.6 is 23.4 Å². The van der Waals surface area contributed by atoms with Crippen LogP contribution in [-0.4, -0.2) is 28.0 Å². The molecule has 1 aliphatic carbocycles. The summed E-state index contributed by atoms with van der Waals surface area (Å²) < 4.78 is 0. The Labute approximate surface area is 196 Å². The Morgan fingerprint density at radius 3 is 2.62 bits per heavy atom. The van der Waals surface area contributed by atoms with Crippen LogP contribution in [0.4, 0.5) is 17.5 Å². The van der Waals surface area contributed by atoms with E-state index in [1.165, 1.54) is 6.20 Å². The number of nitrogens with two attached hydrogens (primary N) is 2. The van der Waals surface area contributed by atoms with Crippen molar-refractivity contribution in [3.63, 3.8) is 0 Å². The van der Waals surface area contributed by atoms with E-state index in [1.54, 1.807) is 11.8 Å². The molecule has 9 heteroatoms. The first-order valence-corrected chi connectivity index (χ1v) is 11.7. The Hall–Kier alpha value is -2.81. The third-order valence-electron chi connectivity index (χ3n) is 5.33. The number of rotatable bonds is 7. The van der Waals surface area contributed by atoms with Crippen LogP contribution in [0.1, 0.15) is 36.0 Å². The summed E-state index contributed by atoms with van der Waals surface area (Å²) in [5, 5.41) is 7.24. The van der Waals surface area contributed by atoms with E-state index >= 15 is 0 Å². The van der Waals surface area contributed by atoms with E-state index in [-0.39, 0.29) is 17.6 Å². The van der Waals surface area contributed by atoms with Gasteiger partial charge in [0.05, 0.1) is 0 Å². The smallest absolute Gasteiger partial charge is 0.254 e. The van der Waals surface area contributed by atoms with E-state index in [1.807, 2.05) is 48.5 Å². The molecular weight excluding hydrogens is 444 g/mol. The van der Waals surface area contributed by atoms with Gasteiger partial charge in [0.15, 0.2) is 0 Å². The Bertz CT molecular complexity index is 1090. The molecule has 4 rings (SSSR count). The lowest BCUT2D eigenvalue weighted by molar-refractivity contribution is 0.100. The van der Waals surface area contributed by atoms with Crippen molar-refractivity contribution in [2.45, 2.75) is 47.6 Å². The second-order valence-electron chi connectivity index (χ2n) is 7.73. The number of aromatic nitrogens is 2. The van der Waals surface area contributed by atoms with E-state index in [2.05, 4.69) is 20.6 Å². The highest BCUT2D eigenvalue weighted by Crippen LogP contribution is 2.31. The molecule has 1 heterocycles. The van der Waals surface area contributed by atoms with Crippen LogP contribution in [-0.2, 0) is 0 Å². The van der Waals surface area contributed by atoms with Gasteiger partial charge in [-0.15, -0.1) is 0 Å². The predicted molar refractivity (Wildman–Crippen MR) is 130 cm³/mol. The average Bonchev–Trinajstić information content (AvgIpc) is 2.77. The highest BCUT2D eigenvalue weighted by atomic mass is 35.5. The van der Waals surface area contributed by atoms with Crippen molar-refractivity contribution in [2.24, 2.45) is 11.5 Å². The minimum absolute atomic E-state index is 0.0566. The maximum atomic E-state index is 11.9. The maximum absolute atomic E-state index is 11.9. The molecule has 32 heavy (non-hydrogen) atoms. The van der Waals surface area contributed by atoms with Crippen LogP contribution in [0.3, 0.4) is 0 Å². The maximum Gasteiger partial charge on any atom is 0.254 e. The van der Waals surface area contributed by atoms with Crippen molar-refractivity contribution >= 4 is 46.7 Å². The standard InChI is InChI=1S/C23H25ClN6OS/c24-14-8-10-16(11-9-14)32-17-5-3-4-15(12-17)28-22-18(21(26)31)13-27-23(30-22)29-20-7-2-1-6-19(20)25/h3-5,8-13,19-20H,1-2,6-7,25H2,(H2,26,31)(H2,27,28,29,30)/t19-,20+/m0/s1. The molecule has 0 saturated heterocycles. The molecular formula is C23H25ClN6OS. The fourth-order valence-corrected chi connectivity index (χ4v) is 4.65. The Morgan fingerprint density at radius 1 is 1.09 bits per heavy atom. The topological polar surface area (TPSA) is 119 Å². The zero-order chi connectivity index (χ0) is 22.5. The monoisotopic (exact) mass is 468 g/mol. The van der Waals surface area contributed by atoms with Crippen molar-refractivity contribution in [1.29, 1.82) is 0 Å². The van der Waals surface area contributed by atoms with Gasteiger partial charge in [0, 0.05) is 38.8 Å². The van der Waals surface area contributed by atoms with Gasteiger partial charge in [-0.3, -0.25) is 4.79 Å². The summed E-state index contributed by atoms with van der Waals surface area (Å²) in [4.78, 5) is 22.9. The molecule has 0 spiro atoms. The van der Waals surface area contributed by atoms with Gasteiger partial charge in [-0.25, -0.2) is 4.98 Å². The van der Waals surface area contributed by atoms with E-state index in [9.17, 15) is 4.79 Å². The third kappa shape index (κ3) is 5.70. The van der Waals surface area contributed by atoms with Crippen LogP contribution in [0.5, 0.6) is 0 Å². The van der Waals surface area contributed by atoms with Gasteiger partial charge in [-0.2, -0.15) is 4.98 Å². The average molecular weight is 469 g/mol. The highest BCUT2D eigenvalue weighted by molar-refractivity contribution is 7.99. The number of anilines is 3. The molecule has 0 aliphatic heterocycles. The van der Waals surface area contributed by atoms with Crippen molar-refractivity contribution in [2.75, 3.05) is 10.6 Å². The summed E-state index contributed by atoms with van der Waals surface area (Å²) in [6, 6.07) is 15.7. The summed E-state index contributed by atoms with van der Waals surface area (Å²) in [5.41, 5.74) is 12.8. The second kappa shape index (κ2) is 10.2. The molecule has 1 amide bonds. The fraction of sp³-hybridized carbons (Fsp3) is 0.261. The second-order valence-corrected chi connectivity index (χ2v) is 9.31. The number of primary amides is 1. The summed E-state index contributed by atoms with van der Waals surface area (Å²) in [7, 11) is 0. The largest absolute Gasteiger partial charge is 0.365 e. The minimum atomic E-state index is -0.597. The molecule has 6 N–H and O–H groups in total. The molecule has 2 aromatic carbocycles. The molecule has 0 bridgehead atoms. The van der Waals surface area contributed by atoms with Crippen LogP contribution in [0, 0.1) is 0 Å². The molecule has 166 valence electrons. The molecule has 0 radical (unpaired) electrons. The van der Waals surface area contributed by atoms with Crippen molar-refractivity contribution in [1.82, 2.24) is 9.97 Å². The first kappa shape index (κ1) is 22.4. The molecule has 1 saturated carbocycles. The number of hydrogen-bond acceptors (Lipinski definition) is 7. The molecule has 1 aliphatic rings. The summed E-state index contributed by atoms with van der Waals surface area (Å²) in [5.74, 6) is 0.180. The van der Waals surface area contributed by atoms with Crippen molar-refractivity contribution in [3.05, 3.63) is 65.3 Å². The van der Waals surface area contributed by atoms with Gasteiger partial charge < -0.3 is 22.1 Å². The molecule has 1 fully saturated rings. The summed E-state index contributed by atoms with van der Waals surface area (Å²) in [6.07, 6.45) is 5.64. The van der Waals surface area contributed by atoms with Crippen LogP contribution in [0.2, 0.25) is 5.02 Å². The molecule has 7 nitrogen and oxygen atoms in total. The zero-order valence-corrected chi connectivity index (χ0v) is 19.0. The van der Waals surface area contributed by atoms with Gasteiger partial charge in [0.1, 0.15) is 11.4 Å². The van der Waals surface area contributed by atoms with E-state index < -0.39 is 5.91 Å². The molecule has 0 unspecified atom stereocenters. The lowest BCUT2D eigenvalue weighted by Crippen LogP contribution is -2.43. The van der Waals surface area contributed by atoms with E-state index in [4.69, 9.17) is 23.1 Å².